The molecule has 0 aliphatic rings. The van der Waals surface area contributed by atoms with Gasteiger partial charge < -0.3 is 5.32 Å². The van der Waals surface area contributed by atoms with Crippen molar-refractivity contribution in [3.8, 4) is 0 Å². The zero-order valence-electron chi connectivity index (χ0n) is 8.95. The summed E-state index contributed by atoms with van der Waals surface area (Å²) < 4.78 is 25.1. The van der Waals surface area contributed by atoms with Crippen molar-refractivity contribution >= 4 is 10.0 Å². The highest BCUT2D eigenvalue weighted by molar-refractivity contribution is 7.89. The number of nitrogens with one attached hydrogen (secondary N) is 2. The summed E-state index contributed by atoms with van der Waals surface area (Å²) in [5.74, 6) is 0. The van der Waals surface area contributed by atoms with E-state index in [4.69, 9.17) is 0 Å². The summed E-state index contributed by atoms with van der Waals surface area (Å²) in [6.45, 7) is 0.887. The smallest absolute Gasteiger partial charge is 0.240 e. The van der Waals surface area contributed by atoms with Crippen LogP contribution in [0.2, 0.25) is 0 Å². The van der Waals surface area contributed by atoms with Crippen molar-refractivity contribution in [2.75, 3.05) is 20.6 Å². The van der Waals surface area contributed by atoms with Gasteiger partial charge in [-0.25, -0.2) is 13.1 Å². The Morgan fingerprint density at radius 3 is 2.20 bits per heavy atom. The van der Waals surface area contributed by atoms with Crippen molar-refractivity contribution in [3.05, 3.63) is 29.8 Å². The first-order valence-electron chi connectivity index (χ1n) is 4.77. The number of benzene rings is 1. The lowest BCUT2D eigenvalue weighted by Crippen LogP contribution is -2.18. The second-order valence-corrected chi connectivity index (χ2v) is 5.09. The third-order valence-corrected chi connectivity index (χ3v) is 3.60. The molecule has 0 bridgehead atoms. The van der Waals surface area contributed by atoms with E-state index in [2.05, 4.69) is 10.0 Å². The van der Waals surface area contributed by atoms with Crippen LogP contribution >= 0.6 is 0 Å². The van der Waals surface area contributed by atoms with Gasteiger partial charge in [0.2, 0.25) is 10.0 Å². The lowest BCUT2D eigenvalue weighted by molar-refractivity contribution is 0.588. The SMILES string of the molecule is CNCCc1ccc(S(=O)(=O)NC)cc1. The Morgan fingerprint density at radius 1 is 1.13 bits per heavy atom. The van der Waals surface area contributed by atoms with Crippen molar-refractivity contribution in [1.29, 1.82) is 0 Å². The Labute approximate surface area is 90.8 Å². The first-order valence-corrected chi connectivity index (χ1v) is 6.25. The molecule has 0 aliphatic heterocycles. The monoisotopic (exact) mass is 228 g/mol. The van der Waals surface area contributed by atoms with Crippen LogP contribution in [-0.2, 0) is 16.4 Å². The Morgan fingerprint density at radius 2 is 1.73 bits per heavy atom. The second kappa shape index (κ2) is 5.25. The van der Waals surface area contributed by atoms with Crippen LogP contribution in [0, 0.1) is 0 Å². The highest BCUT2D eigenvalue weighted by Gasteiger charge is 2.09. The van der Waals surface area contributed by atoms with Crippen LogP contribution in [0.1, 0.15) is 5.56 Å². The van der Waals surface area contributed by atoms with Gasteiger partial charge in [-0.05, 0) is 44.8 Å². The van der Waals surface area contributed by atoms with Gasteiger partial charge in [-0.3, -0.25) is 0 Å². The lowest BCUT2D eigenvalue weighted by atomic mass is 10.1. The predicted octanol–water partition coefficient (Wildman–Crippen LogP) is 0.357. The highest BCUT2D eigenvalue weighted by Crippen LogP contribution is 2.10. The standard InChI is InChI=1S/C10H16N2O2S/c1-11-8-7-9-3-5-10(6-4-9)15(13,14)12-2/h3-6,11-12H,7-8H2,1-2H3. The van der Waals surface area contributed by atoms with Crippen molar-refractivity contribution in [1.82, 2.24) is 10.0 Å². The van der Waals surface area contributed by atoms with Gasteiger partial charge in [-0.2, -0.15) is 0 Å². The van der Waals surface area contributed by atoms with E-state index in [1.165, 1.54) is 7.05 Å². The minimum atomic E-state index is -3.30. The van der Waals surface area contributed by atoms with E-state index in [-0.39, 0.29) is 0 Å². The molecule has 5 heteroatoms. The van der Waals surface area contributed by atoms with Crippen LogP contribution in [0.5, 0.6) is 0 Å². The number of rotatable bonds is 5. The maximum absolute atomic E-state index is 11.4. The molecule has 0 atom stereocenters. The molecule has 1 aromatic carbocycles. The van der Waals surface area contributed by atoms with Gasteiger partial charge in [0.25, 0.3) is 0 Å². The van der Waals surface area contributed by atoms with Crippen molar-refractivity contribution in [3.63, 3.8) is 0 Å². The van der Waals surface area contributed by atoms with E-state index >= 15 is 0 Å². The summed E-state index contributed by atoms with van der Waals surface area (Å²) in [5.41, 5.74) is 1.12. The van der Waals surface area contributed by atoms with Crippen molar-refractivity contribution < 1.29 is 8.42 Å². The van der Waals surface area contributed by atoms with Crippen LogP contribution in [0.15, 0.2) is 29.2 Å². The fourth-order valence-corrected chi connectivity index (χ4v) is 1.95. The molecule has 84 valence electrons. The van der Waals surface area contributed by atoms with Crippen LogP contribution in [-0.4, -0.2) is 29.1 Å². The summed E-state index contributed by atoms with van der Waals surface area (Å²) in [6.07, 6.45) is 0.899. The van der Waals surface area contributed by atoms with Gasteiger partial charge in [0.15, 0.2) is 0 Å². The largest absolute Gasteiger partial charge is 0.319 e. The fourth-order valence-electron chi connectivity index (χ4n) is 1.22. The van der Waals surface area contributed by atoms with Crippen LogP contribution in [0.4, 0.5) is 0 Å². The molecule has 0 spiro atoms. The number of hydrogen-bond acceptors (Lipinski definition) is 3. The first kappa shape index (κ1) is 12.2. The predicted molar refractivity (Wildman–Crippen MR) is 60.3 cm³/mol. The number of hydrogen-bond donors (Lipinski definition) is 2. The van der Waals surface area contributed by atoms with Gasteiger partial charge in [0.05, 0.1) is 4.90 Å². The second-order valence-electron chi connectivity index (χ2n) is 3.21. The third-order valence-electron chi connectivity index (χ3n) is 2.17. The normalized spacial score (nSPS) is 11.6. The lowest BCUT2D eigenvalue weighted by Gasteiger charge is -2.04. The van der Waals surface area contributed by atoms with E-state index in [0.717, 1.165) is 18.5 Å². The van der Waals surface area contributed by atoms with E-state index in [0.29, 0.717) is 4.90 Å². The van der Waals surface area contributed by atoms with Crippen LogP contribution in [0.3, 0.4) is 0 Å². The van der Waals surface area contributed by atoms with Crippen molar-refractivity contribution in [2.45, 2.75) is 11.3 Å². The van der Waals surface area contributed by atoms with Gasteiger partial charge in [0.1, 0.15) is 0 Å². The topological polar surface area (TPSA) is 58.2 Å². The maximum Gasteiger partial charge on any atom is 0.240 e. The zero-order chi connectivity index (χ0) is 11.3. The molecule has 4 nitrogen and oxygen atoms in total. The fraction of sp³-hybridized carbons (Fsp3) is 0.400. The van der Waals surface area contributed by atoms with E-state index in [1.807, 2.05) is 19.2 Å². The molecule has 0 amide bonds. The molecule has 0 radical (unpaired) electrons. The molecule has 1 aromatic rings. The molecule has 0 aromatic heterocycles. The molecule has 0 saturated carbocycles. The third kappa shape index (κ3) is 3.30. The maximum atomic E-state index is 11.4. The molecule has 0 saturated heterocycles. The van der Waals surface area contributed by atoms with Gasteiger partial charge >= 0.3 is 0 Å². The zero-order valence-corrected chi connectivity index (χ0v) is 9.76. The van der Waals surface area contributed by atoms with Crippen molar-refractivity contribution in [2.24, 2.45) is 0 Å². The molecule has 0 fully saturated rings. The summed E-state index contributed by atoms with van der Waals surface area (Å²) in [5, 5.41) is 3.04. The van der Waals surface area contributed by atoms with Gasteiger partial charge in [-0.15, -0.1) is 0 Å². The first-order chi connectivity index (χ1) is 7.10. The average Bonchev–Trinajstić information content (AvgIpc) is 2.27. The Hall–Kier alpha value is -0.910. The molecule has 0 heterocycles. The average molecular weight is 228 g/mol. The Balaban J connectivity index is 2.81. The van der Waals surface area contributed by atoms with Gasteiger partial charge in [0, 0.05) is 0 Å². The summed E-state index contributed by atoms with van der Waals surface area (Å²) >= 11 is 0. The Bertz CT molecular complexity index is 398. The van der Waals surface area contributed by atoms with E-state index < -0.39 is 10.0 Å². The van der Waals surface area contributed by atoms with Crippen LogP contribution < -0.4 is 10.0 Å². The molecule has 0 unspecified atom stereocenters. The molecular formula is C10H16N2O2S. The summed E-state index contributed by atoms with van der Waals surface area (Å²) in [7, 11) is -0.00537. The summed E-state index contributed by atoms with van der Waals surface area (Å²) in [6, 6.07) is 6.91. The number of sulfonamides is 1. The van der Waals surface area contributed by atoms with E-state index in [1.54, 1.807) is 12.1 Å². The Kier molecular flexibility index (Phi) is 4.26. The molecule has 15 heavy (non-hydrogen) atoms. The minimum Gasteiger partial charge on any atom is -0.319 e. The number of likely N-dealkylation sites (N-methyl/N-ethyl adjacent to an activating group) is 1. The molecule has 2 N–H and O–H groups in total. The highest BCUT2D eigenvalue weighted by atomic mass is 32.2. The molecule has 0 aliphatic carbocycles. The van der Waals surface area contributed by atoms with E-state index in [9.17, 15) is 8.42 Å². The minimum absolute atomic E-state index is 0.304. The molecular weight excluding hydrogens is 212 g/mol. The summed E-state index contributed by atoms with van der Waals surface area (Å²) in [4.78, 5) is 0.304. The van der Waals surface area contributed by atoms with Crippen LogP contribution in [0.25, 0.3) is 0 Å². The van der Waals surface area contributed by atoms with Gasteiger partial charge in [-0.1, -0.05) is 12.1 Å². The quantitative estimate of drug-likeness (QED) is 0.765. The molecule has 1 rings (SSSR count).